The van der Waals surface area contributed by atoms with Crippen LogP contribution in [0.15, 0.2) is 10.2 Å². The highest BCUT2D eigenvalue weighted by atomic mass is 32.2. The molecule has 1 atom stereocenters. The first kappa shape index (κ1) is 17.0. The van der Waals surface area contributed by atoms with Gasteiger partial charge in [0.15, 0.2) is 5.16 Å². The van der Waals surface area contributed by atoms with Crippen molar-refractivity contribution in [2.45, 2.75) is 54.8 Å². The summed E-state index contributed by atoms with van der Waals surface area (Å²) >= 11 is 4.30. The van der Waals surface area contributed by atoms with Gasteiger partial charge in [-0.1, -0.05) is 23.5 Å². The summed E-state index contributed by atoms with van der Waals surface area (Å²) in [6.45, 7) is 6.32. The third-order valence-corrected chi connectivity index (χ3v) is 6.39. The van der Waals surface area contributed by atoms with Crippen molar-refractivity contribution in [3.8, 4) is 0 Å². The molecule has 124 valence electrons. The predicted octanol–water partition coefficient (Wildman–Crippen LogP) is 2.50. The summed E-state index contributed by atoms with van der Waals surface area (Å²) in [7, 11) is 0. The fraction of sp³-hybridized carbons (Fsp3) is 0.533. The number of thioether (sulfide) groups is 2. The van der Waals surface area contributed by atoms with Crippen LogP contribution in [0.4, 0.5) is 0 Å². The minimum Gasteiger partial charge on any atom is -0.549 e. The van der Waals surface area contributed by atoms with Crippen molar-refractivity contribution in [1.29, 1.82) is 0 Å². The molecule has 3 heterocycles. The van der Waals surface area contributed by atoms with Crippen molar-refractivity contribution in [3.05, 3.63) is 10.4 Å². The van der Waals surface area contributed by atoms with Gasteiger partial charge in [0.05, 0.1) is 18.2 Å². The number of aromatic nitrogens is 2. The molecule has 0 bridgehead atoms. The van der Waals surface area contributed by atoms with Gasteiger partial charge >= 0.3 is 0 Å². The Morgan fingerprint density at radius 1 is 1.43 bits per heavy atom. The Labute approximate surface area is 147 Å². The van der Waals surface area contributed by atoms with Gasteiger partial charge in [0.2, 0.25) is 0 Å². The topological polar surface area (TPSA) is 75.1 Å². The number of hydrogen-bond acceptors (Lipinski definition) is 8. The molecule has 0 aliphatic carbocycles. The van der Waals surface area contributed by atoms with Crippen LogP contribution in [-0.4, -0.2) is 33.0 Å². The van der Waals surface area contributed by atoms with E-state index in [-0.39, 0.29) is 5.60 Å². The number of fused-ring (bicyclic) bond motifs is 3. The van der Waals surface area contributed by atoms with Crippen molar-refractivity contribution in [2.24, 2.45) is 0 Å². The molecule has 0 spiro atoms. The van der Waals surface area contributed by atoms with Crippen LogP contribution < -0.4 is 5.11 Å². The molecule has 0 fully saturated rings. The highest BCUT2D eigenvalue weighted by Crippen LogP contribution is 2.42. The Morgan fingerprint density at radius 3 is 2.83 bits per heavy atom. The molecule has 23 heavy (non-hydrogen) atoms. The average molecular weight is 370 g/mol. The molecular weight excluding hydrogens is 352 g/mol. The normalized spacial score (nSPS) is 17.9. The van der Waals surface area contributed by atoms with E-state index in [0.29, 0.717) is 11.8 Å². The zero-order chi connectivity index (χ0) is 16.8. The molecule has 0 unspecified atom stereocenters. The van der Waals surface area contributed by atoms with Crippen LogP contribution in [0.5, 0.6) is 0 Å². The Morgan fingerprint density at radius 2 is 2.17 bits per heavy atom. The highest BCUT2D eigenvalue weighted by molar-refractivity contribution is 8.00. The molecule has 2 aromatic rings. The summed E-state index contributed by atoms with van der Waals surface area (Å²) in [5, 5.41) is 12.8. The SMILES string of the molecule is CSc1nc(S[C@@H](C)C(=O)[O-])c2c3c(sc2n1)COC(C)(C)C3. The Kier molecular flexibility index (Phi) is 4.61. The number of nitrogens with zero attached hydrogens (tertiary/aromatic N) is 2. The van der Waals surface area contributed by atoms with E-state index >= 15 is 0 Å². The van der Waals surface area contributed by atoms with Gasteiger partial charge in [-0.05, 0) is 32.6 Å². The second-order valence-electron chi connectivity index (χ2n) is 6.00. The third-order valence-electron chi connectivity index (χ3n) is 3.68. The number of ether oxygens (including phenoxy) is 1. The van der Waals surface area contributed by atoms with E-state index in [1.807, 2.05) is 6.26 Å². The van der Waals surface area contributed by atoms with Crippen molar-refractivity contribution >= 4 is 51.0 Å². The number of carbonyl (C=O) groups excluding carboxylic acids is 1. The van der Waals surface area contributed by atoms with E-state index in [9.17, 15) is 9.90 Å². The fourth-order valence-electron chi connectivity index (χ4n) is 2.49. The molecule has 1 aliphatic rings. The van der Waals surface area contributed by atoms with Crippen LogP contribution >= 0.6 is 34.9 Å². The molecule has 2 aromatic heterocycles. The molecule has 0 N–H and O–H groups in total. The van der Waals surface area contributed by atoms with Crippen LogP contribution in [0.2, 0.25) is 0 Å². The second-order valence-corrected chi connectivity index (χ2v) is 9.19. The summed E-state index contributed by atoms with van der Waals surface area (Å²) in [5.74, 6) is -1.08. The van der Waals surface area contributed by atoms with Gasteiger partial charge in [0.1, 0.15) is 9.86 Å². The first-order chi connectivity index (χ1) is 10.8. The van der Waals surface area contributed by atoms with E-state index in [1.165, 1.54) is 29.1 Å². The standard InChI is InChI=1S/C15H18N2O3S3/c1-7(13(18)19)22-11-10-8-5-15(2,3)20-6-9(8)23-12(10)17-14(16-11)21-4/h7H,5-6H2,1-4H3,(H,18,19)/p-1/t7-/m0/s1. The van der Waals surface area contributed by atoms with E-state index < -0.39 is 11.2 Å². The van der Waals surface area contributed by atoms with Crippen molar-refractivity contribution in [2.75, 3.05) is 6.26 Å². The zero-order valence-corrected chi connectivity index (χ0v) is 15.8. The predicted molar refractivity (Wildman–Crippen MR) is 92.1 cm³/mol. The average Bonchev–Trinajstić information content (AvgIpc) is 2.83. The zero-order valence-electron chi connectivity index (χ0n) is 13.3. The van der Waals surface area contributed by atoms with Gasteiger partial charge in [-0.3, -0.25) is 0 Å². The third kappa shape index (κ3) is 3.35. The molecule has 5 nitrogen and oxygen atoms in total. The molecule has 0 amide bonds. The highest BCUT2D eigenvalue weighted by Gasteiger charge is 2.31. The molecular formula is C15H17N2O3S3-. The lowest BCUT2D eigenvalue weighted by atomic mass is 9.95. The molecule has 8 heteroatoms. The monoisotopic (exact) mass is 369 g/mol. The molecule has 0 aromatic carbocycles. The van der Waals surface area contributed by atoms with Crippen LogP contribution in [0.3, 0.4) is 0 Å². The van der Waals surface area contributed by atoms with Crippen LogP contribution in [0.1, 0.15) is 31.2 Å². The number of carbonyl (C=O) groups is 1. The van der Waals surface area contributed by atoms with Gasteiger partial charge in [-0.2, -0.15) is 0 Å². The lowest BCUT2D eigenvalue weighted by Crippen LogP contribution is -2.32. The fourth-order valence-corrected chi connectivity index (χ4v) is 5.04. The van der Waals surface area contributed by atoms with Crippen LogP contribution in [0, 0.1) is 0 Å². The van der Waals surface area contributed by atoms with Crippen molar-refractivity contribution < 1.29 is 14.6 Å². The maximum atomic E-state index is 11.1. The van der Waals surface area contributed by atoms with Gasteiger partial charge in [-0.15, -0.1) is 11.3 Å². The summed E-state index contributed by atoms with van der Waals surface area (Å²) in [4.78, 5) is 22.4. The van der Waals surface area contributed by atoms with Gasteiger partial charge < -0.3 is 14.6 Å². The minimum absolute atomic E-state index is 0.235. The minimum atomic E-state index is -1.08. The smallest absolute Gasteiger partial charge is 0.189 e. The van der Waals surface area contributed by atoms with E-state index in [2.05, 4.69) is 23.8 Å². The molecule has 0 radical (unpaired) electrons. The summed E-state index contributed by atoms with van der Waals surface area (Å²) in [6, 6.07) is 0. The van der Waals surface area contributed by atoms with Crippen LogP contribution in [-0.2, 0) is 22.6 Å². The number of thiophene rings is 1. The summed E-state index contributed by atoms with van der Waals surface area (Å²) in [6.07, 6.45) is 2.69. The van der Waals surface area contributed by atoms with E-state index in [0.717, 1.165) is 26.5 Å². The Hall–Kier alpha value is -0.830. The Balaban J connectivity index is 2.16. The van der Waals surface area contributed by atoms with Gasteiger partial charge in [0, 0.05) is 21.9 Å². The lowest BCUT2D eigenvalue weighted by molar-refractivity contribution is -0.304. The van der Waals surface area contributed by atoms with Crippen molar-refractivity contribution in [3.63, 3.8) is 0 Å². The molecule has 0 saturated heterocycles. The van der Waals surface area contributed by atoms with Gasteiger partial charge in [0.25, 0.3) is 0 Å². The summed E-state index contributed by atoms with van der Waals surface area (Å²) in [5.41, 5.74) is 0.961. The number of carboxylic acids is 1. The second kappa shape index (κ2) is 6.23. The molecule has 1 aliphatic heterocycles. The number of hydrogen-bond donors (Lipinski definition) is 0. The lowest BCUT2D eigenvalue weighted by Gasteiger charge is -2.30. The maximum absolute atomic E-state index is 11.1. The van der Waals surface area contributed by atoms with Crippen LogP contribution in [0.25, 0.3) is 10.2 Å². The number of carboxylic acid groups (broad SMARTS) is 1. The first-order valence-corrected chi connectivity index (χ1v) is 10.1. The van der Waals surface area contributed by atoms with E-state index in [4.69, 9.17) is 4.74 Å². The molecule has 0 saturated carbocycles. The quantitative estimate of drug-likeness (QED) is 0.465. The summed E-state index contributed by atoms with van der Waals surface area (Å²) < 4.78 is 5.88. The van der Waals surface area contributed by atoms with Gasteiger partial charge in [-0.25, -0.2) is 9.97 Å². The number of aliphatic carboxylic acids is 1. The number of rotatable bonds is 4. The largest absolute Gasteiger partial charge is 0.549 e. The van der Waals surface area contributed by atoms with Crippen molar-refractivity contribution in [1.82, 2.24) is 9.97 Å². The van der Waals surface area contributed by atoms with E-state index in [1.54, 1.807) is 18.3 Å². The molecule has 3 rings (SSSR count). The Bertz CT molecular complexity index is 773. The maximum Gasteiger partial charge on any atom is 0.189 e. The first-order valence-electron chi connectivity index (χ1n) is 7.18.